The summed E-state index contributed by atoms with van der Waals surface area (Å²) in [6, 6.07) is 12.2. The molecule has 14 heteroatoms. The Morgan fingerprint density at radius 3 is 2.09 bits per heavy atom. The average Bonchev–Trinajstić information content (AvgIpc) is 3.47. The first-order valence-electron chi connectivity index (χ1n) is 14.0. The highest BCUT2D eigenvalue weighted by Crippen LogP contribution is 2.57. The van der Waals surface area contributed by atoms with Crippen molar-refractivity contribution in [2.75, 3.05) is 0 Å². The third-order valence-electron chi connectivity index (χ3n) is 7.75. The number of rotatable bonds is 8. The van der Waals surface area contributed by atoms with E-state index in [2.05, 4.69) is 5.32 Å². The number of carbonyl (C=O) groups excluding carboxylic acids is 3. The summed E-state index contributed by atoms with van der Waals surface area (Å²) >= 11 is 0. The van der Waals surface area contributed by atoms with Crippen molar-refractivity contribution in [1.29, 1.82) is 0 Å². The Morgan fingerprint density at radius 1 is 0.891 bits per heavy atom. The number of nitrogens with zero attached hydrogens (tertiary/aromatic N) is 1. The Morgan fingerprint density at radius 2 is 1.50 bits per heavy atom. The molecular formula is C32H26N2O12. The summed E-state index contributed by atoms with van der Waals surface area (Å²) in [6.45, 7) is 1.65. The van der Waals surface area contributed by atoms with E-state index in [0.29, 0.717) is 4.73 Å². The van der Waals surface area contributed by atoms with Crippen LogP contribution in [0.5, 0.6) is 34.8 Å². The molecular weight excluding hydrogens is 604 g/mol. The maximum Gasteiger partial charge on any atom is 0.340 e. The molecule has 1 spiro atoms. The van der Waals surface area contributed by atoms with Crippen LogP contribution in [0.2, 0.25) is 0 Å². The van der Waals surface area contributed by atoms with Gasteiger partial charge < -0.3 is 45.2 Å². The highest BCUT2D eigenvalue weighted by molar-refractivity contribution is 6.10. The van der Waals surface area contributed by atoms with Crippen molar-refractivity contribution in [3.8, 4) is 34.8 Å². The number of aromatic nitrogens is 1. The molecule has 1 unspecified atom stereocenters. The number of ether oxygens (including phenoxy) is 2. The van der Waals surface area contributed by atoms with Crippen molar-refractivity contribution in [3.05, 3.63) is 94.0 Å². The molecule has 4 aromatic rings. The van der Waals surface area contributed by atoms with Gasteiger partial charge in [0.2, 0.25) is 11.8 Å². The van der Waals surface area contributed by atoms with E-state index in [1.165, 1.54) is 42.5 Å². The van der Waals surface area contributed by atoms with Crippen LogP contribution in [0.25, 0.3) is 0 Å². The van der Waals surface area contributed by atoms with Crippen LogP contribution in [0.1, 0.15) is 74.0 Å². The van der Waals surface area contributed by atoms with E-state index in [0.717, 1.165) is 18.2 Å². The summed E-state index contributed by atoms with van der Waals surface area (Å²) in [6.07, 6.45) is 0.377. The second-order valence-corrected chi connectivity index (χ2v) is 10.9. The summed E-state index contributed by atoms with van der Waals surface area (Å²) < 4.78 is 12.5. The average molecular weight is 631 g/mol. The molecule has 1 aromatic heterocycles. The Kier molecular flexibility index (Phi) is 7.19. The number of phenolic OH excluding ortho intramolecular Hbond substituents is 2. The van der Waals surface area contributed by atoms with Gasteiger partial charge in [0.1, 0.15) is 23.0 Å². The minimum absolute atomic E-state index is 0.0524. The van der Waals surface area contributed by atoms with E-state index >= 15 is 0 Å². The van der Waals surface area contributed by atoms with Gasteiger partial charge in [-0.25, -0.2) is 14.4 Å². The number of phenols is 2. The molecule has 0 saturated heterocycles. The number of hydrogen-bond donors (Lipinski definition) is 6. The lowest BCUT2D eigenvalue weighted by Gasteiger charge is -2.36. The third-order valence-corrected chi connectivity index (χ3v) is 7.75. The first-order valence-corrected chi connectivity index (χ1v) is 14.0. The molecule has 0 saturated carbocycles. The summed E-state index contributed by atoms with van der Waals surface area (Å²) in [5.74, 6) is -4.90. The zero-order valence-corrected chi connectivity index (χ0v) is 24.0. The van der Waals surface area contributed by atoms with Gasteiger partial charge in [-0.3, -0.25) is 4.79 Å². The minimum Gasteiger partial charge on any atom is -0.508 e. The van der Waals surface area contributed by atoms with Gasteiger partial charge in [-0.2, -0.15) is 0 Å². The van der Waals surface area contributed by atoms with E-state index in [-0.39, 0.29) is 75.6 Å². The fourth-order valence-corrected chi connectivity index (χ4v) is 5.69. The van der Waals surface area contributed by atoms with E-state index in [1.807, 2.05) is 0 Å². The van der Waals surface area contributed by atoms with E-state index in [1.54, 1.807) is 6.92 Å². The van der Waals surface area contributed by atoms with Crippen molar-refractivity contribution >= 4 is 23.8 Å². The first kappa shape index (κ1) is 29.9. The minimum atomic E-state index is -1.79. The van der Waals surface area contributed by atoms with Crippen LogP contribution < -0.4 is 14.9 Å². The summed E-state index contributed by atoms with van der Waals surface area (Å²) in [5, 5.41) is 52.2. The highest BCUT2D eigenvalue weighted by Gasteiger charge is 2.55. The SMILES string of the molecule is CC(CCCC(=O)On1c(O)ccc1O)NC(=O)c1cc(C(=O)O)cc2c1C(=O)OC21c2ccc(O)cc2Oc2cc(O)ccc21. The third kappa shape index (κ3) is 4.95. The van der Waals surface area contributed by atoms with Crippen LogP contribution in [-0.2, 0) is 15.1 Å². The largest absolute Gasteiger partial charge is 0.508 e. The number of aromatic hydroxyl groups is 4. The highest BCUT2D eigenvalue weighted by atomic mass is 16.7. The fraction of sp³-hybridized carbons (Fsp3) is 0.188. The second-order valence-electron chi connectivity index (χ2n) is 10.9. The van der Waals surface area contributed by atoms with Crippen molar-refractivity contribution < 1.29 is 59.0 Å². The maximum absolute atomic E-state index is 13.6. The topological polar surface area (TPSA) is 214 Å². The zero-order valence-electron chi connectivity index (χ0n) is 24.0. The molecule has 1 amide bonds. The van der Waals surface area contributed by atoms with Crippen LogP contribution in [-0.4, -0.2) is 60.1 Å². The Balaban J connectivity index is 1.31. The molecule has 3 heterocycles. The molecule has 6 N–H and O–H groups in total. The van der Waals surface area contributed by atoms with Gasteiger partial charge in [-0.1, -0.05) is 0 Å². The molecule has 14 nitrogen and oxygen atoms in total. The number of aromatic carboxylic acids is 1. The standard InChI is InChI=1S/C32H26N2O12/c1-15(3-2-4-27(39)46-34-25(37)9-10-26(34)38)33-29(40)19-11-16(30(41)42)12-22-28(19)31(43)45-32(22)20-7-5-17(35)13-23(20)44-24-14-18(36)6-8-21(24)32/h5-15,35-38H,2-4H2,1H3,(H,33,40)(H,41,42). The number of amides is 1. The monoisotopic (exact) mass is 630 g/mol. The Labute approximate surface area is 259 Å². The molecule has 1 atom stereocenters. The number of nitrogens with one attached hydrogen (secondary N) is 1. The van der Waals surface area contributed by atoms with Crippen LogP contribution in [0.3, 0.4) is 0 Å². The van der Waals surface area contributed by atoms with Gasteiger partial charge in [0.05, 0.1) is 16.7 Å². The fourth-order valence-electron chi connectivity index (χ4n) is 5.69. The Hall–Kier alpha value is -6.18. The van der Waals surface area contributed by atoms with Gasteiger partial charge in [-0.15, -0.1) is 4.73 Å². The van der Waals surface area contributed by atoms with Crippen molar-refractivity contribution in [3.63, 3.8) is 0 Å². The van der Waals surface area contributed by atoms with Gasteiger partial charge in [0.25, 0.3) is 5.91 Å². The van der Waals surface area contributed by atoms with Gasteiger partial charge >= 0.3 is 17.9 Å². The predicted molar refractivity (Wildman–Crippen MR) is 155 cm³/mol. The molecule has 2 aliphatic rings. The number of esters is 1. The number of benzene rings is 3. The van der Waals surface area contributed by atoms with Crippen LogP contribution >= 0.6 is 0 Å². The number of carbonyl (C=O) groups is 4. The second kappa shape index (κ2) is 11.1. The molecule has 0 bridgehead atoms. The molecule has 0 fully saturated rings. The van der Waals surface area contributed by atoms with Gasteiger partial charge in [-0.05, 0) is 56.2 Å². The van der Waals surface area contributed by atoms with Crippen LogP contribution in [0.15, 0.2) is 60.7 Å². The van der Waals surface area contributed by atoms with Gasteiger partial charge in [0.15, 0.2) is 5.60 Å². The summed E-state index contributed by atoms with van der Waals surface area (Å²) in [7, 11) is 0. The Bertz CT molecular complexity index is 1870. The molecule has 3 aromatic carbocycles. The smallest absolute Gasteiger partial charge is 0.340 e. The molecule has 2 aliphatic heterocycles. The van der Waals surface area contributed by atoms with Crippen molar-refractivity contribution in [2.24, 2.45) is 0 Å². The maximum atomic E-state index is 13.6. The number of carboxylic acids is 1. The number of fused-ring (bicyclic) bond motifs is 6. The number of hydrogen-bond acceptors (Lipinski definition) is 11. The van der Waals surface area contributed by atoms with Gasteiger partial charge in [0, 0.05) is 53.4 Å². The van der Waals surface area contributed by atoms with Crippen molar-refractivity contribution in [2.45, 2.75) is 37.8 Å². The molecule has 236 valence electrons. The molecule has 46 heavy (non-hydrogen) atoms. The first-order chi connectivity index (χ1) is 21.9. The quantitative estimate of drug-likeness (QED) is 0.154. The zero-order chi connectivity index (χ0) is 32.9. The number of carboxylic acid groups (broad SMARTS) is 1. The normalized spacial score (nSPS) is 14.3. The van der Waals surface area contributed by atoms with Crippen molar-refractivity contribution in [1.82, 2.24) is 10.0 Å². The lowest BCUT2D eigenvalue weighted by Crippen LogP contribution is -2.34. The summed E-state index contributed by atoms with van der Waals surface area (Å²) in [4.78, 5) is 56.6. The lowest BCUT2D eigenvalue weighted by atomic mass is 9.76. The van der Waals surface area contributed by atoms with E-state index in [4.69, 9.17) is 14.3 Å². The molecule has 0 radical (unpaired) electrons. The molecule has 0 aliphatic carbocycles. The summed E-state index contributed by atoms with van der Waals surface area (Å²) in [5.41, 5.74) is -1.96. The van der Waals surface area contributed by atoms with E-state index < -0.39 is 47.2 Å². The van der Waals surface area contributed by atoms with E-state index in [9.17, 15) is 44.7 Å². The van der Waals surface area contributed by atoms with Crippen LogP contribution in [0, 0.1) is 0 Å². The lowest BCUT2D eigenvalue weighted by molar-refractivity contribution is -0.145. The predicted octanol–water partition coefficient (Wildman–Crippen LogP) is 3.52. The molecule has 6 rings (SSSR count). The van der Waals surface area contributed by atoms with Crippen LogP contribution in [0.4, 0.5) is 0 Å².